The van der Waals surface area contributed by atoms with Crippen molar-refractivity contribution in [2.45, 2.75) is 20.3 Å². The predicted molar refractivity (Wildman–Crippen MR) is 106 cm³/mol. The molecular formula is C20H29N5O2. The van der Waals surface area contributed by atoms with Gasteiger partial charge in [-0.3, -0.25) is 9.69 Å². The van der Waals surface area contributed by atoms with E-state index in [1.807, 2.05) is 32.0 Å². The summed E-state index contributed by atoms with van der Waals surface area (Å²) in [4.78, 5) is 32.2. The Bertz CT molecular complexity index is 718. The summed E-state index contributed by atoms with van der Waals surface area (Å²) in [5, 5.41) is 8.98. The Kier molecular flexibility index (Phi) is 7.19. The molecule has 0 radical (unpaired) electrons. The van der Waals surface area contributed by atoms with E-state index in [2.05, 4.69) is 11.0 Å². The Labute approximate surface area is 161 Å². The molecule has 1 aliphatic heterocycles. The van der Waals surface area contributed by atoms with Gasteiger partial charge in [-0.1, -0.05) is 12.1 Å². The third-order valence-electron chi connectivity index (χ3n) is 5.00. The molecule has 2 rings (SSSR count). The van der Waals surface area contributed by atoms with Crippen LogP contribution in [0.3, 0.4) is 0 Å². The second-order valence-corrected chi connectivity index (χ2v) is 7.11. The summed E-state index contributed by atoms with van der Waals surface area (Å²) < 4.78 is 0. The predicted octanol–water partition coefficient (Wildman–Crippen LogP) is 1.85. The summed E-state index contributed by atoms with van der Waals surface area (Å²) in [5.74, 6) is -0.00802. The zero-order chi connectivity index (χ0) is 20.0. The first-order valence-corrected chi connectivity index (χ1v) is 9.27. The molecule has 0 atom stereocenters. The number of carbonyl (C=O) groups excluding carboxylic acids is 2. The Morgan fingerprint density at radius 3 is 2.41 bits per heavy atom. The van der Waals surface area contributed by atoms with Crippen molar-refractivity contribution in [2.75, 3.05) is 58.3 Å². The first-order valence-electron chi connectivity index (χ1n) is 9.27. The van der Waals surface area contributed by atoms with E-state index in [0.29, 0.717) is 45.7 Å². The normalized spacial score (nSPS) is 14.6. The first-order chi connectivity index (χ1) is 12.8. The molecule has 1 heterocycles. The highest BCUT2D eigenvalue weighted by atomic mass is 16.2. The number of nitrogens with zero attached hydrogens (tertiary/aromatic N) is 5. The maximum absolute atomic E-state index is 13.0. The average molecular weight is 371 g/mol. The summed E-state index contributed by atoms with van der Waals surface area (Å²) in [6.45, 7) is 7.28. The lowest BCUT2D eigenvalue weighted by Crippen LogP contribution is -2.53. The van der Waals surface area contributed by atoms with E-state index in [1.165, 1.54) is 0 Å². The van der Waals surface area contributed by atoms with Crippen LogP contribution in [0.1, 0.15) is 17.5 Å². The first kappa shape index (κ1) is 20.7. The van der Waals surface area contributed by atoms with Gasteiger partial charge in [-0.2, -0.15) is 5.26 Å². The number of nitriles is 1. The number of hydrogen-bond acceptors (Lipinski definition) is 4. The van der Waals surface area contributed by atoms with E-state index < -0.39 is 0 Å². The van der Waals surface area contributed by atoms with Gasteiger partial charge in [0.15, 0.2) is 0 Å². The molecule has 1 fully saturated rings. The molecule has 1 aromatic carbocycles. The van der Waals surface area contributed by atoms with Gasteiger partial charge >= 0.3 is 6.03 Å². The number of hydrogen-bond donors (Lipinski definition) is 0. The Hall–Kier alpha value is -2.59. The monoisotopic (exact) mass is 371 g/mol. The van der Waals surface area contributed by atoms with Crippen molar-refractivity contribution >= 4 is 17.6 Å². The van der Waals surface area contributed by atoms with E-state index in [1.54, 1.807) is 28.8 Å². The van der Waals surface area contributed by atoms with E-state index in [9.17, 15) is 9.59 Å². The number of urea groups is 1. The van der Waals surface area contributed by atoms with Gasteiger partial charge < -0.3 is 14.7 Å². The molecule has 7 nitrogen and oxygen atoms in total. The fourth-order valence-electron chi connectivity index (χ4n) is 3.23. The minimum absolute atomic E-state index is 0.00649. The minimum Gasteiger partial charge on any atom is -0.331 e. The molecule has 7 heteroatoms. The van der Waals surface area contributed by atoms with Crippen molar-refractivity contribution in [1.29, 1.82) is 5.26 Å². The molecule has 146 valence electrons. The molecular weight excluding hydrogens is 342 g/mol. The van der Waals surface area contributed by atoms with Crippen molar-refractivity contribution in [3.63, 3.8) is 0 Å². The Morgan fingerprint density at radius 1 is 1.15 bits per heavy atom. The molecule has 0 aliphatic carbocycles. The van der Waals surface area contributed by atoms with Crippen LogP contribution < -0.4 is 4.90 Å². The van der Waals surface area contributed by atoms with E-state index in [-0.39, 0.29) is 11.9 Å². The summed E-state index contributed by atoms with van der Waals surface area (Å²) >= 11 is 0. The lowest BCUT2D eigenvalue weighted by molar-refractivity contribution is -0.120. The number of carbonyl (C=O) groups is 2. The van der Waals surface area contributed by atoms with Gasteiger partial charge in [-0.25, -0.2) is 4.79 Å². The number of rotatable bonds is 5. The molecule has 27 heavy (non-hydrogen) atoms. The lowest BCUT2D eigenvalue weighted by atomic mass is 10.1. The molecule has 3 amide bonds. The number of amides is 3. The van der Waals surface area contributed by atoms with Crippen LogP contribution in [0.2, 0.25) is 0 Å². The third-order valence-corrected chi connectivity index (χ3v) is 5.00. The highest BCUT2D eigenvalue weighted by molar-refractivity contribution is 5.95. The molecule has 1 aromatic rings. The van der Waals surface area contributed by atoms with Crippen LogP contribution in [0.15, 0.2) is 18.2 Å². The zero-order valence-electron chi connectivity index (χ0n) is 16.7. The molecule has 0 saturated carbocycles. The fourth-order valence-corrected chi connectivity index (χ4v) is 3.23. The topological polar surface area (TPSA) is 70.9 Å². The maximum atomic E-state index is 13.0. The number of piperazine rings is 1. The molecule has 0 spiro atoms. The van der Waals surface area contributed by atoms with Crippen LogP contribution in [-0.4, -0.2) is 80.0 Å². The third kappa shape index (κ3) is 5.20. The van der Waals surface area contributed by atoms with Crippen molar-refractivity contribution < 1.29 is 9.59 Å². The SMILES string of the molecule is Cc1cccc(N(CCC#N)C(=O)CN2CCN(C(=O)N(C)C)CC2)c1C. The van der Waals surface area contributed by atoms with Gasteiger partial charge in [0, 0.05) is 52.5 Å². The van der Waals surface area contributed by atoms with Crippen LogP contribution in [0.4, 0.5) is 10.5 Å². The van der Waals surface area contributed by atoms with Crippen LogP contribution in [0, 0.1) is 25.2 Å². The summed E-state index contributed by atoms with van der Waals surface area (Å²) in [6.07, 6.45) is 0.296. The smallest absolute Gasteiger partial charge is 0.319 e. The van der Waals surface area contributed by atoms with Crippen LogP contribution >= 0.6 is 0 Å². The molecule has 0 N–H and O–H groups in total. The average Bonchev–Trinajstić information content (AvgIpc) is 2.65. The van der Waals surface area contributed by atoms with Crippen molar-refractivity contribution in [3.05, 3.63) is 29.3 Å². The summed E-state index contributed by atoms with van der Waals surface area (Å²) in [7, 11) is 3.49. The van der Waals surface area contributed by atoms with E-state index in [0.717, 1.165) is 16.8 Å². The second kappa shape index (κ2) is 9.38. The molecule has 0 unspecified atom stereocenters. The second-order valence-electron chi connectivity index (χ2n) is 7.11. The van der Waals surface area contributed by atoms with Gasteiger partial charge in [0.2, 0.25) is 5.91 Å². The molecule has 1 saturated heterocycles. The van der Waals surface area contributed by atoms with Gasteiger partial charge in [0.05, 0.1) is 19.0 Å². The zero-order valence-corrected chi connectivity index (χ0v) is 16.7. The Balaban J connectivity index is 2.04. The number of aryl methyl sites for hydroxylation is 1. The van der Waals surface area contributed by atoms with E-state index in [4.69, 9.17) is 5.26 Å². The van der Waals surface area contributed by atoms with E-state index >= 15 is 0 Å². The van der Waals surface area contributed by atoms with Crippen LogP contribution in [0.5, 0.6) is 0 Å². The Morgan fingerprint density at radius 2 is 1.81 bits per heavy atom. The summed E-state index contributed by atoms with van der Waals surface area (Å²) in [5.41, 5.74) is 3.06. The number of anilines is 1. The standard InChI is InChI=1S/C20H29N5O2/c1-16-7-5-8-18(17(16)2)25(10-6-9-21)19(26)15-23-11-13-24(14-12-23)20(27)22(3)4/h5,7-8H,6,10-15H2,1-4H3. The molecule has 0 aromatic heterocycles. The highest BCUT2D eigenvalue weighted by Gasteiger charge is 2.25. The fraction of sp³-hybridized carbons (Fsp3) is 0.550. The quantitative estimate of drug-likeness (QED) is 0.792. The minimum atomic E-state index is -0.00802. The van der Waals surface area contributed by atoms with Crippen LogP contribution in [-0.2, 0) is 4.79 Å². The molecule has 0 bridgehead atoms. The van der Waals surface area contributed by atoms with Crippen LogP contribution in [0.25, 0.3) is 0 Å². The largest absolute Gasteiger partial charge is 0.331 e. The van der Waals surface area contributed by atoms with Crippen molar-refractivity contribution in [2.24, 2.45) is 0 Å². The van der Waals surface area contributed by atoms with Gasteiger partial charge in [0.25, 0.3) is 0 Å². The maximum Gasteiger partial charge on any atom is 0.319 e. The number of benzene rings is 1. The van der Waals surface area contributed by atoms with Gasteiger partial charge in [0.1, 0.15) is 0 Å². The summed E-state index contributed by atoms with van der Waals surface area (Å²) in [6, 6.07) is 8.04. The van der Waals surface area contributed by atoms with Gasteiger partial charge in [-0.15, -0.1) is 0 Å². The van der Waals surface area contributed by atoms with Crippen molar-refractivity contribution in [3.8, 4) is 6.07 Å². The van der Waals surface area contributed by atoms with Gasteiger partial charge in [-0.05, 0) is 31.0 Å². The lowest BCUT2D eigenvalue weighted by Gasteiger charge is -2.36. The molecule has 1 aliphatic rings. The van der Waals surface area contributed by atoms with Crippen molar-refractivity contribution in [1.82, 2.24) is 14.7 Å². The highest BCUT2D eigenvalue weighted by Crippen LogP contribution is 2.23.